The molecule has 2 rings (SSSR count). The van der Waals surface area contributed by atoms with Gasteiger partial charge in [0.25, 0.3) is 0 Å². The number of aliphatic carboxylic acids is 1. The molecule has 0 saturated carbocycles. The molecule has 4 heteroatoms. The number of hydrogen-bond donors (Lipinski definition) is 2. The zero-order valence-corrected chi connectivity index (χ0v) is 11.7. The minimum Gasteiger partial charge on any atom is -0.479 e. The molecule has 0 heterocycles. The molecule has 4 nitrogen and oxygen atoms in total. The molecule has 1 atom stereocenters. The number of carboxylic acids is 1. The first-order valence-corrected chi connectivity index (χ1v) is 6.74. The Balaban J connectivity index is 2.44. The van der Waals surface area contributed by atoms with E-state index in [1.165, 1.54) is 6.92 Å². The molecule has 2 N–H and O–H groups in total. The molecule has 0 saturated heterocycles. The highest BCUT2D eigenvalue weighted by Gasteiger charge is 2.16. The monoisotopic (exact) mass is 273 g/mol. The zero-order chi connectivity index (χ0) is 14.5. The summed E-state index contributed by atoms with van der Waals surface area (Å²) in [6.07, 6.45) is -0.864. The lowest BCUT2D eigenvalue weighted by molar-refractivity contribution is -0.144. The smallest absolute Gasteiger partial charge is 0.344 e. The van der Waals surface area contributed by atoms with Crippen LogP contribution < -0.4 is 10.1 Å². The third-order valence-corrected chi connectivity index (χ3v) is 3.20. The van der Waals surface area contributed by atoms with Crippen molar-refractivity contribution in [1.29, 1.82) is 0 Å². The summed E-state index contributed by atoms with van der Waals surface area (Å²) in [5, 5.41) is 14.5. The lowest BCUT2D eigenvalue weighted by Crippen LogP contribution is -2.24. The first-order valence-electron chi connectivity index (χ1n) is 6.74. The molecular formula is C16H19NO3. The van der Waals surface area contributed by atoms with E-state index in [-0.39, 0.29) is 0 Å². The molecule has 2 aromatic rings. The van der Waals surface area contributed by atoms with Crippen molar-refractivity contribution < 1.29 is 14.6 Å². The summed E-state index contributed by atoms with van der Waals surface area (Å²) in [7, 11) is 0. The predicted molar refractivity (Wildman–Crippen MR) is 79.1 cm³/mol. The number of hydrogen-bond acceptors (Lipinski definition) is 3. The first kappa shape index (κ1) is 14.3. The molecule has 0 aliphatic carbocycles. The molecular weight excluding hydrogens is 254 g/mol. The van der Waals surface area contributed by atoms with Crippen LogP contribution in [-0.4, -0.2) is 23.7 Å². The summed E-state index contributed by atoms with van der Waals surface area (Å²) in [5.41, 5.74) is 0.998. The van der Waals surface area contributed by atoms with Gasteiger partial charge in [-0.2, -0.15) is 0 Å². The van der Waals surface area contributed by atoms with Crippen LogP contribution in [0.3, 0.4) is 0 Å². The average Bonchev–Trinajstić information content (AvgIpc) is 2.45. The number of ether oxygens (including phenoxy) is 1. The summed E-state index contributed by atoms with van der Waals surface area (Å²) in [6, 6.07) is 11.8. The summed E-state index contributed by atoms with van der Waals surface area (Å²) < 4.78 is 5.57. The molecule has 0 fully saturated rings. The maximum Gasteiger partial charge on any atom is 0.344 e. The van der Waals surface area contributed by atoms with Crippen molar-refractivity contribution in [3.63, 3.8) is 0 Å². The SMILES string of the molecule is CCNCc1c(OC(C)C(=O)O)ccc2ccccc12. The van der Waals surface area contributed by atoms with Crippen molar-refractivity contribution in [3.05, 3.63) is 42.0 Å². The van der Waals surface area contributed by atoms with Crippen molar-refractivity contribution >= 4 is 16.7 Å². The summed E-state index contributed by atoms with van der Waals surface area (Å²) in [6.45, 7) is 5.07. The highest BCUT2D eigenvalue weighted by molar-refractivity contribution is 5.88. The van der Waals surface area contributed by atoms with Crippen molar-refractivity contribution in [2.75, 3.05) is 6.54 Å². The fraction of sp³-hybridized carbons (Fsp3) is 0.312. The van der Waals surface area contributed by atoms with Gasteiger partial charge in [0.2, 0.25) is 0 Å². The Morgan fingerprint density at radius 2 is 2.05 bits per heavy atom. The van der Waals surface area contributed by atoms with Crippen LogP contribution in [0.5, 0.6) is 5.75 Å². The van der Waals surface area contributed by atoms with Gasteiger partial charge in [0.15, 0.2) is 6.10 Å². The largest absolute Gasteiger partial charge is 0.479 e. The van der Waals surface area contributed by atoms with E-state index in [0.717, 1.165) is 22.9 Å². The molecule has 0 aliphatic rings. The lowest BCUT2D eigenvalue weighted by Gasteiger charge is -2.17. The van der Waals surface area contributed by atoms with Gasteiger partial charge in [0, 0.05) is 12.1 Å². The number of benzene rings is 2. The normalized spacial score (nSPS) is 12.3. The van der Waals surface area contributed by atoms with Gasteiger partial charge in [-0.3, -0.25) is 0 Å². The predicted octanol–water partition coefficient (Wildman–Crippen LogP) is 2.80. The second-order valence-corrected chi connectivity index (χ2v) is 4.64. The Bertz CT molecular complexity index is 610. The minimum absolute atomic E-state index is 0.625. The highest BCUT2D eigenvalue weighted by atomic mass is 16.5. The van der Waals surface area contributed by atoms with Crippen LogP contribution in [0.4, 0.5) is 0 Å². The van der Waals surface area contributed by atoms with E-state index < -0.39 is 12.1 Å². The summed E-state index contributed by atoms with van der Waals surface area (Å²) in [5.74, 6) is -0.341. The van der Waals surface area contributed by atoms with Gasteiger partial charge in [0.05, 0.1) is 0 Å². The van der Waals surface area contributed by atoms with E-state index >= 15 is 0 Å². The van der Waals surface area contributed by atoms with Crippen LogP contribution in [-0.2, 0) is 11.3 Å². The van der Waals surface area contributed by atoms with Gasteiger partial charge in [0.1, 0.15) is 5.75 Å². The number of nitrogens with one attached hydrogen (secondary N) is 1. The first-order chi connectivity index (χ1) is 9.63. The van der Waals surface area contributed by atoms with E-state index in [1.807, 2.05) is 43.3 Å². The van der Waals surface area contributed by atoms with Crippen LogP contribution in [0.25, 0.3) is 10.8 Å². The van der Waals surface area contributed by atoms with E-state index in [2.05, 4.69) is 5.32 Å². The molecule has 0 aromatic heterocycles. The van der Waals surface area contributed by atoms with E-state index in [9.17, 15) is 4.79 Å². The van der Waals surface area contributed by atoms with E-state index in [1.54, 1.807) is 0 Å². The van der Waals surface area contributed by atoms with Crippen molar-refractivity contribution in [2.45, 2.75) is 26.5 Å². The molecule has 2 aromatic carbocycles. The highest BCUT2D eigenvalue weighted by Crippen LogP contribution is 2.28. The minimum atomic E-state index is -0.965. The van der Waals surface area contributed by atoms with Crippen LogP contribution in [0, 0.1) is 0 Å². The molecule has 0 aliphatic heterocycles. The maximum atomic E-state index is 11.0. The molecule has 0 radical (unpaired) electrons. The van der Waals surface area contributed by atoms with Crippen LogP contribution in [0.1, 0.15) is 19.4 Å². The van der Waals surface area contributed by atoms with Crippen LogP contribution in [0.2, 0.25) is 0 Å². The Kier molecular flexibility index (Phi) is 4.58. The number of carbonyl (C=O) groups is 1. The molecule has 0 bridgehead atoms. The Morgan fingerprint density at radius 3 is 2.75 bits per heavy atom. The van der Waals surface area contributed by atoms with Gasteiger partial charge in [-0.15, -0.1) is 0 Å². The van der Waals surface area contributed by atoms with E-state index in [4.69, 9.17) is 9.84 Å². The topological polar surface area (TPSA) is 58.6 Å². The van der Waals surface area contributed by atoms with Crippen LogP contribution >= 0.6 is 0 Å². The van der Waals surface area contributed by atoms with Gasteiger partial charge < -0.3 is 15.2 Å². The quantitative estimate of drug-likeness (QED) is 0.849. The number of carboxylic acid groups (broad SMARTS) is 1. The standard InChI is InChI=1S/C16H19NO3/c1-3-17-10-14-13-7-5-4-6-12(13)8-9-15(14)20-11(2)16(18)19/h4-9,11,17H,3,10H2,1-2H3,(H,18,19). The molecule has 0 amide bonds. The average molecular weight is 273 g/mol. The maximum absolute atomic E-state index is 11.0. The lowest BCUT2D eigenvalue weighted by atomic mass is 10.0. The third-order valence-electron chi connectivity index (χ3n) is 3.20. The summed E-state index contributed by atoms with van der Waals surface area (Å²) >= 11 is 0. The fourth-order valence-corrected chi connectivity index (χ4v) is 2.10. The van der Waals surface area contributed by atoms with Crippen molar-refractivity contribution in [2.24, 2.45) is 0 Å². The number of fused-ring (bicyclic) bond motifs is 1. The molecule has 1 unspecified atom stereocenters. The van der Waals surface area contributed by atoms with Crippen molar-refractivity contribution in [3.8, 4) is 5.75 Å². The van der Waals surface area contributed by atoms with Gasteiger partial charge in [-0.25, -0.2) is 4.79 Å². The van der Waals surface area contributed by atoms with Gasteiger partial charge in [-0.05, 0) is 30.3 Å². The van der Waals surface area contributed by atoms with Crippen molar-refractivity contribution in [1.82, 2.24) is 5.32 Å². The van der Waals surface area contributed by atoms with Gasteiger partial charge in [-0.1, -0.05) is 37.3 Å². The molecule has 0 spiro atoms. The summed E-state index contributed by atoms with van der Waals surface area (Å²) in [4.78, 5) is 11.0. The molecule has 106 valence electrons. The third kappa shape index (κ3) is 3.08. The van der Waals surface area contributed by atoms with E-state index in [0.29, 0.717) is 12.3 Å². The zero-order valence-electron chi connectivity index (χ0n) is 11.7. The Morgan fingerprint density at radius 1 is 1.30 bits per heavy atom. The second-order valence-electron chi connectivity index (χ2n) is 4.64. The second kappa shape index (κ2) is 6.39. The Hall–Kier alpha value is -2.07. The number of rotatable bonds is 6. The Labute approximate surface area is 118 Å². The molecule has 20 heavy (non-hydrogen) atoms. The fourth-order valence-electron chi connectivity index (χ4n) is 2.10. The van der Waals surface area contributed by atoms with Crippen LogP contribution in [0.15, 0.2) is 36.4 Å². The van der Waals surface area contributed by atoms with Gasteiger partial charge >= 0.3 is 5.97 Å².